The molecule has 2 rings (SSSR count). The van der Waals surface area contributed by atoms with E-state index in [1.807, 2.05) is 44.7 Å². The summed E-state index contributed by atoms with van der Waals surface area (Å²) >= 11 is 0. The molecule has 0 saturated carbocycles. The first-order valence-electron chi connectivity index (χ1n) is 8.20. The van der Waals surface area contributed by atoms with E-state index in [1.165, 1.54) is 0 Å². The molecule has 1 aromatic heterocycles. The number of aliphatic hydroxyl groups is 1. The molecule has 0 spiro atoms. The Morgan fingerprint density at radius 3 is 2.62 bits per heavy atom. The van der Waals surface area contributed by atoms with Crippen molar-refractivity contribution in [3.8, 4) is 5.75 Å². The first-order chi connectivity index (χ1) is 11.5. The molecule has 1 heterocycles. The number of benzene rings is 1. The van der Waals surface area contributed by atoms with Crippen LogP contribution in [0, 0.1) is 19.7 Å². The maximum absolute atomic E-state index is 14.4. The summed E-state index contributed by atoms with van der Waals surface area (Å²) in [5, 5.41) is 9.24. The van der Waals surface area contributed by atoms with E-state index in [4.69, 9.17) is 4.74 Å². The van der Waals surface area contributed by atoms with Gasteiger partial charge in [0, 0.05) is 17.8 Å². The minimum absolute atomic E-state index is 0.134. The van der Waals surface area contributed by atoms with Crippen molar-refractivity contribution in [2.24, 2.45) is 0 Å². The molecule has 1 atom stereocenters. The Labute approximate surface area is 142 Å². The molecule has 4 nitrogen and oxygen atoms in total. The van der Waals surface area contributed by atoms with E-state index in [-0.39, 0.29) is 18.5 Å². The molecule has 0 aliphatic heterocycles. The average Bonchev–Trinajstić information content (AvgIpc) is 2.56. The molecule has 130 valence electrons. The van der Waals surface area contributed by atoms with Crippen LogP contribution in [-0.4, -0.2) is 29.3 Å². The van der Waals surface area contributed by atoms with E-state index in [0.29, 0.717) is 24.3 Å². The molecular weight excluding hydrogens is 307 g/mol. The van der Waals surface area contributed by atoms with Gasteiger partial charge in [0.1, 0.15) is 11.9 Å². The molecule has 0 radical (unpaired) electrons. The van der Waals surface area contributed by atoms with Crippen LogP contribution in [0.25, 0.3) is 0 Å². The molecule has 1 N–H and O–H groups in total. The summed E-state index contributed by atoms with van der Waals surface area (Å²) in [5.41, 5.74) is 2.58. The quantitative estimate of drug-likeness (QED) is 0.841. The van der Waals surface area contributed by atoms with E-state index in [0.717, 1.165) is 17.1 Å². The van der Waals surface area contributed by atoms with Crippen molar-refractivity contribution in [1.29, 1.82) is 0 Å². The molecular formula is C19H25FN2O2. The summed E-state index contributed by atoms with van der Waals surface area (Å²) in [5.74, 6) is 0.371. The maximum atomic E-state index is 14.4. The van der Waals surface area contributed by atoms with Crippen LogP contribution in [-0.2, 0) is 6.61 Å². The Morgan fingerprint density at radius 1 is 1.25 bits per heavy atom. The third kappa shape index (κ3) is 4.23. The second-order valence-electron chi connectivity index (χ2n) is 5.91. The number of pyridine rings is 1. The molecule has 1 unspecified atom stereocenters. The number of halogens is 1. The Hall–Kier alpha value is -2.14. The molecule has 0 fully saturated rings. The highest BCUT2D eigenvalue weighted by atomic mass is 19.1. The summed E-state index contributed by atoms with van der Waals surface area (Å²) in [7, 11) is 0. The topological polar surface area (TPSA) is 45.6 Å². The number of aromatic nitrogens is 1. The van der Waals surface area contributed by atoms with Crippen LogP contribution in [0.5, 0.6) is 5.75 Å². The van der Waals surface area contributed by atoms with Crippen molar-refractivity contribution in [2.75, 3.05) is 18.0 Å². The van der Waals surface area contributed by atoms with Crippen LogP contribution in [0.3, 0.4) is 0 Å². The zero-order chi connectivity index (χ0) is 17.7. The molecule has 0 bridgehead atoms. The summed E-state index contributed by atoms with van der Waals surface area (Å²) in [6.45, 7) is 8.65. The number of anilines is 1. The minimum Gasteiger partial charge on any atom is -0.487 e. The van der Waals surface area contributed by atoms with Gasteiger partial charge in [-0.2, -0.15) is 0 Å². The number of hydrogen-bond donors (Lipinski definition) is 1. The number of hydrogen-bond acceptors (Lipinski definition) is 4. The predicted octanol–water partition coefficient (Wildman–Crippen LogP) is 3.62. The highest BCUT2D eigenvalue weighted by molar-refractivity contribution is 5.50. The van der Waals surface area contributed by atoms with Crippen molar-refractivity contribution < 1.29 is 14.2 Å². The van der Waals surface area contributed by atoms with E-state index in [1.54, 1.807) is 18.2 Å². The van der Waals surface area contributed by atoms with E-state index >= 15 is 0 Å². The molecule has 0 saturated heterocycles. The molecule has 0 amide bonds. The predicted molar refractivity (Wildman–Crippen MR) is 94.0 cm³/mol. The van der Waals surface area contributed by atoms with Crippen LogP contribution in [0.15, 0.2) is 30.3 Å². The molecule has 24 heavy (non-hydrogen) atoms. The second-order valence-corrected chi connectivity index (χ2v) is 5.91. The largest absolute Gasteiger partial charge is 0.487 e. The average molecular weight is 332 g/mol. The zero-order valence-corrected chi connectivity index (χ0v) is 14.7. The summed E-state index contributed by atoms with van der Waals surface area (Å²) in [6, 6.07) is 8.90. The van der Waals surface area contributed by atoms with Crippen LogP contribution >= 0.6 is 0 Å². The van der Waals surface area contributed by atoms with Crippen molar-refractivity contribution in [2.45, 2.75) is 40.4 Å². The molecule has 1 aromatic carbocycles. The van der Waals surface area contributed by atoms with Crippen molar-refractivity contribution in [1.82, 2.24) is 4.98 Å². The lowest BCUT2D eigenvalue weighted by molar-refractivity contribution is 0.223. The van der Waals surface area contributed by atoms with Crippen molar-refractivity contribution >= 4 is 5.69 Å². The molecule has 0 aliphatic carbocycles. The third-order valence-corrected chi connectivity index (χ3v) is 3.93. The maximum Gasteiger partial charge on any atom is 0.151 e. The zero-order valence-electron chi connectivity index (χ0n) is 14.7. The van der Waals surface area contributed by atoms with Gasteiger partial charge in [0.25, 0.3) is 0 Å². The fourth-order valence-electron chi connectivity index (χ4n) is 2.69. The molecule has 5 heteroatoms. The van der Waals surface area contributed by atoms with Gasteiger partial charge in [0.15, 0.2) is 5.82 Å². The summed E-state index contributed by atoms with van der Waals surface area (Å²) < 4.78 is 20.4. The fourth-order valence-corrected chi connectivity index (χ4v) is 2.69. The lowest BCUT2D eigenvalue weighted by Crippen LogP contribution is -2.34. The number of aryl methyl sites for hydroxylation is 2. The van der Waals surface area contributed by atoms with E-state index in [9.17, 15) is 9.50 Å². The summed E-state index contributed by atoms with van der Waals surface area (Å²) in [6.07, 6.45) is -0.134. The van der Waals surface area contributed by atoms with Gasteiger partial charge in [-0.05, 0) is 45.9 Å². The van der Waals surface area contributed by atoms with Crippen LogP contribution < -0.4 is 9.64 Å². The van der Waals surface area contributed by atoms with Crippen LogP contribution in [0.1, 0.15) is 30.8 Å². The van der Waals surface area contributed by atoms with Gasteiger partial charge in [-0.1, -0.05) is 12.1 Å². The summed E-state index contributed by atoms with van der Waals surface area (Å²) in [4.78, 5) is 6.31. The number of ether oxygens (including phenoxy) is 1. The SMILES string of the molecule is CCN(CC(C)Oc1ccc(C)nc1C)c1cccc(CO)c1F. The van der Waals surface area contributed by atoms with E-state index in [2.05, 4.69) is 4.98 Å². The van der Waals surface area contributed by atoms with Gasteiger partial charge in [-0.3, -0.25) is 4.98 Å². The standard InChI is InChI=1S/C19H25FN2O2/c1-5-22(17-8-6-7-16(12-23)19(17)20)11-14(3)24-18-10-9-13(2)21-15(18)4/h6-10,14,23H,5,11-12H2,1-4H3. The van der Waals surface area contributed by atoms with Gasteiger partial charge < -0.3 is 14.7 Å². The number of aliphatic hydroxyl groups excluding tert-OH is 1. The normalized spacial score (nSPS) is 12.1. The third-order valence-electron chi connectivity index (χ3n) is 3.93. The second kappa shape index (κ2) is 8.11. The van der Waals surface area contributed by atoms with Gasteiger partial charge >= 0.3 is 0 Å². The Balaban J connectivity index is 2.12. The van der Waals surface area contributed by atoms with Gasteiger partial charge in [-0.25, -0.2) is 4.39 Å². The highest BCUT2D eigenvalue weighted by Gasteiger charge is 2.17. The highest BCUT2D eigenvalue weighted by Crippen LogP contribution is 2.24. The van der Waals surface area contributed by atoms with Crippen molar-refractivity contribution in [3.05, 3.63) is 53.1 Å². The minimum atomic E-state index is -0.373. The monoisotopic (exact) mass is 332 g/mol. The molecule has 2 aromatic rings. The first-order valence-corrected chi connectivity index (χ1v) is 8.20. The smallest absolute Gasteiger partial charge is 0.151 e. The first kappa shape index (κ1) is 18.2. The Morgan fingerprint density at radius 2 is 2.00 bits per heavy atom. The lowest BCUT2D eigenvalue weighted by atomic mass is 10.1. The lowest BCUT2D eigenvalue weighted by Gasteiger charge is -2.28. The number of likely N-dealkylation sites (N-methyl/N-ethyl adjacent to an activating group) is 1. The number of nitrogens with zero attached hydrogens (tertiary/aromatic N) is 2. The van der Waals surface area contributed by atoms with Crippen LogP contribution in [0.4, 0.5) is 10.1 Å². The van der Waals surface area contributed by atoms with Gasteiger partial charge in [-0.15, -0.1) is 0 Å². The molecule has 0 aliphatic rings. The Kier molecular flexibility index (Phi) is 6.15. The Bertz CT molecular complexity index is 691. The number of rotatable bonds is 7. The van der Waals surface area contributed by atoms with Gasteiger partial charge in [0.2, 0.25) is 0 Å². The van der Waals surface area contributed by atoms with Crippen LogP contribution in [0.2, 0.25) is 0 Å². The van der Waals surface area contributed by atoms with Gasteiger partial charge in [0.05, 0.1) is 24.5 Å². The van der Waals surface area contributed by atoms with E-state index < -0.39 is 0 Å². The van der Waals surface area contributed by atoms with Crippen molar-refractivity contribution in [3.63, 3.8) is 0 Å². The fraction of sp³-hybridized carbons (Fsp3) is 0.421.